The van der Waals surface area contributed by atoms with Crippen molar-refractivity contribution in [1.82, 2.24) is 4.98 Å². The largest absolute Gasteiger partial charge is 0.325 e. The average Bonchev–Trinajstić information content (AvgIpc) is 2.85. The number of benzene rings is 1. The number of hydrogen-bond acceptors (Lipinski definition) is 4. The van der Waals surface area contributed by atoms with Crippen LogP contribution in [0.4, 0.5) is 5.69 Å². The molecule has 2 N–H and O–H groups in total. The van der Waals surface area contributed by atoms with Crippen LogP contribution in [-0.4, -0.2) is 17.4 Å². The smallest absolute Gasteiger partial charge is 0.270 e. The Morgan fingerprint density at radius 2 is 2.11 bits per heavy atom. The molecular weight excluding hydrogens is 326 g/mol. The highest BCUT2D eigenvalue weighted by Crippen LogP contribution is 2.29. The lowest BCUT2D eigenvalue weighted by Gasteiger charge is -2.26. The number of rotatable bonds is 2. The molecule has 0 spiro atoms. The first-order chi connectivity index (χ1) is 9.19. The molecule has 0 unspecified atom stereocenters. The lowest BCUT2D eigenvalue weighted by atomic mass is 10.1. The zero-order valence-electron chi connectivity index (χ0n) is 10.1. The zero-order valence-corrected chi connectivity index (χ0v) is 12.5. The highest BCUT2D eigenvalue weighted by molar-refractivity contribution is 9.10. The van der Waals surface area contributed by atoms with E-state index in [4.69, 9.17) is 5.73 Å². The maximum absolute atomic E-state index is 12.5. The number of aromatic nitrogens is 1. The summed E-state index contributed by atoms with van der Waals surface area (Å²) in [6, 6.07) is 7.77. The molecule has 6 heteroatoms. The number of halogens is 1. The molecule has 4 nitrogen and oxygen atoms in total. The number of nitrogens with two attached hydrogens (primary N) is 1. The minimum absolute atomic E-state index is 0.0285. The second-order valence-corrected chi connectivity index (χ2v) is 6.27. The molecule has 2 aromatic rings. The Morgan fingerprint density at radius 1 is 1.37 bits per heavy atom. The predicted molar refractivity (Wildman–Crippen MR) is 79.5 cm³/mol. The van der Waals surface area contributed by atoms with Gasteiger partial charge >= 0.3 is 0 Å². The highest BCUT2D eigenvalue weighted by Gasteiger charge is 2.28. The summed E-state index contributed by atoms with van der Waals surface area (Å²) >= 11 is 4.81. The van der Waals surface area contributed by atoms with Crippen LogP contribution in [0.3, 0.4) is 0 Å². The number of thiazole rings is 1. The third kappa shape index (κ3) is 2.31. The summed E-state index contributed by atoms with van der Waals surface area (Å²) in [5.41, 5.74) is 7.40. The molecule has 3 rings (SSSR count). The van der Waals surface area contributed by atoms with Crippen molar-refractivity contribution in [3.8, 4) is 0 Å². The maximum Gasteiger partial charge on any atom is 0.270 e. The molecule has 98 valence electrons. The van der Waals surface area contributed by atoms with E-state index in [2.05, 4.69) is 20.9 Å². The van der Waals surface area contributed by atoms with E-state index >= 15 is 0 Å². The average molecular weight is 338 g/mol. The van der Waals surface area contributed by atoms with E-state index in [1.165, 1.54) is 11.3 Å². The van der Waals surface area contributed by atoms with Crippen molar-refractivity contribution in [2.75, 3.05) is 11.4 Å². The molecule has 0 fully saturated rings. The number of carbonyl (C=O) groups excluding carboxylic acids is 1. The van der Waals surface area contributed by atoms with Crippen LogP contribution in [0, 0.1) is 0 Å². The number of hydrogen-bond donors (Lipinski definition) is 1. The second kappa shape index (κ2) is 5.03. The number of amides is 1. The molecular formula is C13H12BrN3OS. The Labute approximate surface area is 123 Å². The van der Waals surface area contributed by atoms with Gasteiger partial charge in [-0.15, -0.1) is 11.3 Å². The monoisotopic (exact) mass is 337 g/mol. The Kier molecular flexibility index (Phi) is 3.38. The molecule has 1 aliphatic rings. The van der Waals surface area contributed by atoms with Gasteiger partial charge in [0.1, 0.15) is 9.88 Å². The van der Waals surface area contributed by atoms with Gasteiger partial charge in [-0.1, -0.05) is 15.9 Å². The Bertz CT molecular complexity index is 623. The quantitative estimate of drug-likeness (QED) is 0.916. The van der Waals surface area contributed by atoms with Crippen LogP contribution >= 0.6 is 27.3 Å². The van der Waals surface area contributed by atoms with Crippen molar-refractivity contribution in [3.05, 3.63) is 44.3 Å². The molecule has 1 aliphatic heterocycles. The SMILES string of the molecule is NCc1nc2c(s1)C(=O)N(c1ccc(Br)cc1)CC2. The van der Waals surface area contributed by atoms with E-state index < -0.39 is 0 Å². The summed E-state index contributed by atoms with van der Waals surface area (Å²) < 4.78 is 1.00. The van der Waals surface area contributed by atoms with Crippen molar-refractivity contribution in [3.63, 3.8) is 0 Å². The molecule has 0 radical (unpaired) electrons. The fourth-order valence-electron chi connectivity index (χ4n) is 2.13. The zero-order chi connectivity index (χ0) is 13.4. The summed E-state index contributed by atoms with van der Waals surface area (Å²) in [6.45, 7) is 1.06. The van der Waals surface area contributed by atoms with Crippen molar-refractivity contribution < 1.29 is 4.79 Å². The van der Waals surface area contributed by atoms with Crippen molar-refractivity contribution in [2.24, 2.45) is 5.73 Å². The van der Waals surface area contributed by atoms with Gasteiger partial charge in [-0.25, -0.2) is 4.98 Å². The topological polar surface area (TPSA) is 59.2 Å². The van der Waals surface area contributed by atoms with Crippen LogP contribution in [0.2, 0.25) is 0 Å². The minimum atomic E-state index is 0.0285. The van der Waals surface area contributed by atoms with Crippen LogP contribution in [0.5, 0.6) is 0 Å². The molecule has 2 heterocycles. The molecule has 0 saturated carbocycles. The van der Waals surface area contributed by atoms with Gasteiger partial charge in [-0.3, -0.25) is 4.79 Å². The van der Waals surface area contributed by atoms with Crippen LogP contribution < -0.4 is 10.6 Å². The van der Waals surface area contributed by atoms with Gasteiger partial charge in [0.25, 0.3) is 5.91 Å². The third-order valence-corrected chi connectivity index (χ3v) is 4.70. The van der Waals surface area contributed by atoms with E-state index in [1.807, 2.05) is 24.3 Å². The van der Waals surface area contributed by atoms with E-state index in [0.29, 0.717) is 13.1 Å². The van der Waals surface area contributed by atoms with Crippen LogP contribution in [0.25, 0.3) is 0 Å². The van der Waals surface area contributed by atoms with Crippen LogP contribution in [0.15, 0.2) is 28.7 Å². The summed E-state index contributed by atoms with van der Waals surface area (Å²) in [7, 11) is 0. The molecule has 0 saturated heterocycles. The fraction of sp³-hybridized carbons (Fsp3) is 0.231. The first kappa shape index (κ1) is 12.8. The molecule has 19 heavy (non-hydrogen) atoms. The van der Waals surface area contributed by atoms with Gasteiger partial charge in [0, 0.05) is 29.7 Å². The van der Waals surface area contributed by atoms with Crippen molar-refractivity contribution in [1.29, 1.82) is 0 Å². The number of anilines is 1. The molecule has 0 bridgehead atoms. The van der Waals surface area contributed by atoms with Gasteiger partial charge < -0.3 is 10.6 Å². The van der Waals surface area contributed by atoms with Gasteiger partial charge in [0.2, 0.25) is 0 Å². The molecule has 1 aromatic carbocycles. The first-order valence-corrected chi connectivity index (χ1v) is 7.56. The summed E-state index contributed by atoms with van der Waals surface area (Å²) in [5, 5.41) is 0.830. The summed E-state index contributed by atoms with van der Waals surface area (Å²) in [6.07, 6.45) is 0.785. The Balaban J connectivity index is 1.94. The number of fused-ring (bicyclic) bond motifs is 1. The Hall–Kier alpha value is -1.24. The minimum Gasteiger partial charge on any atom is -0.325 e. The summed E-state index contributed by atoms with van der Waals surface area (Å²) in [5.74, 6) is 0.0285. The van der Waals surface area contributed by atoms with Crippen LogP contribution in [-0.2, 0) is 13.0 Å². The lowest BCUT2D eigenvalue weighted by Crippen LogP contribution is -2.36. The first-order valence-electron chi connectivity index (χ1n) is 5.95. The second-order valence-electron chi connectivity index (χ2n) is 4.27. The molecule has 1 aromatic heterocycles. The Morgan fingerprint density at radius 3 is 2.79 bits per heavy atom. The van der Waals surface area contributed by atoms with Gasteiger partial charge in [-0.05, 0) is 24.3 Å². The van der Waals surface area contributed by atoms with E-state index in [1.54, 1.807) is 4.90 Å². The predicted octanol–water partition coefficient (Wildman–Crippen LogP) is 2.57. The lowest BCUT2D eigenvalue weighted by molar-refractivity contribution is 0.0984. The standard InChI is InChI=1S/C13H12BrN3OS/c14-8-1-3-9(4-2-8)17-6-5-10-12(13(17)18)19-11(7-15)16-10/h1-4H,5-7,15H2. The van der Waals surface area contributed by atoms with Crippen LogP contribution in [0.1, 0.15) is 20.4 Å². The number of carbonyl (C=O) groups is 1. The van der Waals surface area contributed by atoms with Gasteiger partial charge in [0.15, 0.2) is 0 Å². The fourth-order valence-corrected chi connectivity index (χ4v) is 3.34. The van der Waals surface area contributed by atoms with Gasteiger partial charge in [0.05, 0.1) is 5.69 Å². The van der Waals surface area contributed by atoms with Crippen molar-refractivity contribution in [2.45, 2.75) is 13.0 Å². The molecule has 1 amide bonds. The number of nitrogens with zero attached hydrogens (tertiary/aromatic N) is 2. The van der Waals surface area contributed by atoms with E-state index in [0.717, 1.165) is 32.2 Å². The summed E-state index contributed by atoms with van der Waals surface area (Å²) in [4.78, 5) is 19.4. The highest BCUT2D eigenvalue weighted by atomic mass is 79.9. The van der Waals surface area contributed by atoms with E-state index in [-0.39, 0.29) is 5.91 Å². The maximum atomic E-state index is 12.5. The van der Waals surface area contributed by atoms with Gasteiger partial charge in [-0.2, -0.15) is 0 Å². The third-order valence-electron chi connectivity index (χ3n) is 3.07. The molecule has 0 aliphatic carbocycles. The molecule has 0 atom stereocenters. The van der Waals surface area contributed by atoms with Crippen molar-refractivity contribution >= 4 is 38.9 Å². The van der Waals surface area contributed by atoms with E-state index in [9.17, 15) is 4.79 Å². The normalized spacial score (nSPS) is 14.6.